The van der Waals surface area contributed by atoms with Gasteiger partial charge < -0.3 is 5.11 Å². The Hall–Kier alpha value is -0.290. The Morgan fingerprint density at radius 1 is 1.36 bits per heavy atom. The summed E-state index contributed by atoms with van der Waals surface area (Å²) >= 11 is 10.9. The largest absolute Gasteiger partial charge is 0.376 e. The van der Waals surface area contributed by atoms with Crippen LogP contribution in [-0.4, -0.2) is 24.8 Å². The van der Waals surface area contributed by atoms with Crippen LogP contribution in [0.3, 0.4) is 0 Å². The van der Waals surface area contributed by atoms with Gasteiger partial charge in [-0.15, -0.1) is 11.6 Å². The number of hydrogen-bond donors (Lipinski definition) is 1. The van der Waals surface area contributed by atoms with E-state index in [1.165, 1.54) is 18.2 Å². The van der Waals surface area contributed by atoms with Crippen molar-refractivity contribution < 1.29 is 13.5 Å². The van der Waals surface area contributed by atoms with Gasteiger partial charge in [0.25, 0.3) is 0 Å². The molecule has 1 aromatic carbocycles. The summed E-state index contributed by atoms with van der Waals surface area (Å²) in [7, 11) is -3.83. The molecule has 0 fully saturated rings. The molecule has 0 spiro atoms. The Kier molecular flexibility index (Phi) is 3.78. The fourth-order valence-electron chi connectivity index (χ4n) is 0.905. The van der Waals surface area contributed by atoms with Gasteiger partial charge >= 0.3 is 0 Å². The molecule has 3 nitrogen and oxygen atoms in total. The van der Waals surface area contributed by atoms with Crippen molar-refractivity contribution >= 4 is 33.0 Å². The molecule has 0 amide bonds. The molecule has 6 heteroatoms. The third-order valence-electron chi connectivity index (χ3n) is 1.63. The molecule has 0 aliphatic heterocycles. The molecule has 0 aliphatic carbocycles. The fourth-order valence-corrected chi connectivity index (χ4v) is 2.93. The number of alkyl halides is 1. The Bertz CT molecular complexity index is 416. The molecule has 0 saturated heterocycles. The number of aliphatic hydroxyl groups is 1. The first-order valence-electron chi connectivity index (χ1n) is 3.72. The van der Waals surface area contributed by atoms with Crippen LogP contribution in [-0.2, 0) is 9.84 Å². The standard InChI is InChI=1S/C8H8Cl2O3S/c9-5-8(11)14(12,13)7-4-2-1-3-6(7)10/h1-4,8,11H,5H2. The van der Waals surface area contributed by atoms with Crippen molar-refractivity contribution in [2.75, 3.05) is 5.88 Å². The minimum atomic E-state index is -3.83. The van der Waals surface area contributed by atoms with Crippen LogP contribution in [0.15, 0.2) is 29.2 Å². The molecule has 1 atom stereocenters. The van der Waals surface area contributed by atoms with Crippen molar-refractivity contribution in [3.8, 4) is 0 Å². The van der Waals surface area contributed by atoms with E-state index < -0.39 is 15.3 Å². The van der Waals surface area contributed by atoms with E-state index in [-0.39, 0.29) is 15.8 Å². The highest BCUT2D eigenvalue weighted by atomic mass is 35.5. The van der Waals surface area contributed by atoms with E-state index in [1.807, 2.05) is 0 Å². The van der Waals surface area contributed by atoms with Gasteiger partial charge in [-0.05, 0) is 12.1 Å². The van der Waals surface area contributed by atoms with Gasteiger partial charge in [-0.3, -0.25) is 0 Å². The van der Waals surface area contributed by atoms with Crippen molar-refractivity contribution in [2.45, 2.75) is 10.3 Å². The fraction of sp³-hybridized carbons (Fsp3) is 0.250. The van der Waals surface area contributed by atoms with E-state index in [9.17, 15) is 13.5 Å². The first kappa shape index (κ1) is 11.8. The number of rotatable bonds is 3. The van der Waals surface area contributed by atoms with E-state index in [1.54, 1.807) is 6.07 Å². The molecule has 1 aromatic rings. The topological polar surface area (TPSA) is 54.4 Å². The van der Waals surface area contributed by atoms with Gasteiger partial charge in [0.1, 0.15) is 0 Å². The molecule has 78 valence electrons. The number of hydrogen-bond acceptors (Lipinski definition) is 3. The zero-order valence-electron chi connectivity index (χ0n) is 7.02. The SMILES string of the molecule is O=S(=O)(c1ccccc1Cl)C(O)CCl. The van der Waals surface area contributed by atoms with Crippen LogP contribution in [0.1, 0.15) is 0 Å². The summed E-state index contributed by atoms with van der Waals surface area (Å²) in [5, 5.41) is 9.27. The highest BCUT2D eigenvalue weighted by molar-refractivity contribution is 7.92. The van der Waals surface area contributed by atoms with Crippen LogP contribution in [0.25, 0.3) is 0 Å². The molecule has 1 rings (SSSR count). The third kappa shape index (κ3) is 2.20. The lowest BCUT2D eigenvalue weighted by Gasteiger charge is -2.09. The molecule has 1 unspecified atom stereocenters. The lowest BCUT2D eigenvalue weighted by atomic mass is 10.4. The first-order chi connectivity index (χ1) is 6.50. The summed E-state index contributed by atoms with van der Waals surface area (Å²) in [6, 6.07) is 5.90. The zero-order valence-corrected chi connectivity index (χ0v) is 9.35. The van der Waals surface area contributed by atoms with Crippen LogP contribution < -0.4 is 0 Å². The maximum absolute atomic E-state index is 11.6. The van der Waals surface area contributed by atoms with Gasteiger partial charge in [0, 0.05) is 0 Å². The van der Waals surface area contributed by atoms with Crippen LogP contribution in [0, 0.1) is 0 Å². The molecular formula is C8H8Cl2O3S. The lowest BCUT2D eigenvalue weighted by Crippen LogP contribution is -2.22. The highest BCUT2D eigenvalue weighted by Gasteiger charge is 2.26. The van der Waals surface area contributed by atoms with Crippen LogP contribution in [0.5, 0.6) is 0 Å². The van der Waals surface area contributed by atoms with Gasteiger partial charge in [-0.1, -0.05) is 23.7 Å². The predicted octanol–water partition coefficient (Wildman–Crippen LogP) is 1.67. The molecule has 0 aromatic heterocycles. The summed E-state index contributed by atoms with van der Waals surface area (Å²) in [6.45, 7) is 0. The summed E-state index contributed by atoms with van der Waals surface area (Å²) in [4.78, 5) is -0.102. The summed E-state index contributed by atoms with van der Waals surface area (Å²) < 4.78 is 23.1. The van der Waals surface area contributed by atoms with Gasteiger partial charge in [-0.25, -0.2) is 8.42 Å². The van der Waals surface area contributed by atoms with Crippen molar-refractivity contribution in [3.63, 3.8) is 0 Å². The Morgan fingerprint density at radius 3 is 2.43 bits per heavy atom. The lowest BCUT2D eigenvalue weighted by molar-refractivity contribution is 0.271. The maximum Gasteiger partial charge on any atom is 0.207 e. The molecule has 0 heterocycles. The van der Waals surface area contributed by atoms with E-state index in [0.717, 1.165) is 0 Å². The quantitative estimate of drug-likeness (QED) is 0.836. The molecule has 0 saturated carbocycles. The normalized spacial score (nSPS) is 13.9. The van der Waals surface area contributed by atoms with E-state index in [2.05, 4.69) is 0 Å². The Balaban J connectivity index is 3.24. The van der Waals surface area contributed by atoms with Crippen molar-refractivity contribution in [1.82, 2.24) is 0 Å². The number of halogens is 2. The minimum Gasteiger partial charge on any atom is -0.376 e. The minimum absolute atomic E-state index is 0.0802. The van der Waals surface area contributed by atoms with Crippen molar-refractivity contribution in [2.24, 2.45) is 0 Å². The van der Waals surface area contributed by atoms with Crippen molar-refractivity contribution in [1.29, 1.82) is 0 Å². The smallest absolute Gasteiger partial charge is 0.207 e. The van der Waals surface area contributed by atoms with Crippen LogP contribution in [0.2, 0.25) is 5.02 Å². The zero-order chi connectivity index (χ0) is 10.8. The molecule has 1 N–H and O–H groups in total. The van der Waals surface area contributed by atoms with Crippen LogP contribution >= 0.6 is 23.2 Å². The number of aliphatic hydroxyl groups excluding tert-OH is 1. The highest BCUT2D eigenvalue weighted by Crippen LogP contribution is 2.23. The van der Waals surface area contributed by atoms with Gasteiger partial charge in [0.15, 0.2) is 5.44 Å². The van der Waals surface area contributed by atoms with Gasteiger partial charge in [-0.2, -0.15) is 0 Å². The maximum atomic E-state index is 11.6. The van der Waals surface area contributed by atoms with Gasteiger partial charge in [0.05, 0.1) is 15.8 Å². The molecule has 0 bridgehead atoms. The first-order valence-corrected chi connectivity index (χ1v) is 6.18. The molecule has 0 radical (unpaired) electrons. The molecule has 14 heavy (non-hydrogen) atoms. The van der Waals surface area contributed by atoms with Crippen LogP contribution in [0.4, 0.5) is 0 Å². The second kappa shape index (κ2) is 4.49. The summed E-state index contributed by atoms with van der Waals surface area (Å²) in [5.74, 6) is -0.381. The second-order valence-electron chi connectivity index (χ2n) is 2.58. The molecule has 0 aliphatic rings. The van der Waals surface area contributed by atoms with Crippen molar-refractivity contribution in [3.05, 3.63) is 29.3 Å². The number of benzene rings is 1. The predicted molar refractivity (Wildman–Crippen MR) is 55.4 cm³/mol. The Morgan fingerprint density at radius 2 is 1.93 bits per heavy atom. The molecular weight excluding hydrogens is 247 g/mol. The van der Waals surface area contributed by atoms with E-state index in [4.69, 9.17) is 23.2 Å². The van der Waals surface area contributed by atoms with E-state index >= 15 is 0 Å². The third-order valence-corrected chi connectivity index (χ3v) is 4.40. The average molecular weight is 255 g/mol. The van der Waals surface area contributed by atoms with Gasteiger partial charge in [0.2, 0.25) is 9.84 Å². The Labute approximate surface area is 92.2 Å². The average Bonchev–Trinajstić information content (AvgIpc) is 2.17. The summed E-state index contributed by atoms with van der Waals surface area (Å²) in [5.41, 5.74) is -1.62. The monoisotopic (exact) mass is 254 g/mol. The summed E-state index contributed by atoms with van der Waals surface area (Å²) in [6.07, 6.45) is 0. The van der Waals surface area contributed by atoms with E-state index in [0.29, 0.717) is 0 Å². The second-order valence-corrected chi connectivity index (χ2v) is 5.37. The number of sulfone groups is 1.